The number of thiocarbonyl (C=S) groups is 1. The van der Waals surface area contributed by atoms with Gasteiger partial charge in [0, 0.05) is 12.2 Å². The number of halogens is 6. The molecule has 0 saturated carbocycles. The number of thioether (sulfide) groups is 1. The summed E-state index contributed by atoms with van der Waals surface area (Å²) in [5.74, 6) is -0.0897. The van der Waals surface area contributed by atoms with E-state index >= 15 is 0 Å². The van der Waals surface area contributed by atoms with E-state index in [0.29, 0.717) is 5.70 Å². The number of alkyl halides is 6. The minimum atomic E-state index is -5.84. The Morgan fingerprint density at radius 3 is 1.64 bits per heavy atom. The Balaban J connectivity index is 0.000000408. The van der Waals surface area contributed by atoms with E-state index in [2.05, 4.69) is 0 Å². The van der Waals surface area contributed by atoms with Gasteiger partial charge in [-0.15, -0.1) is 11.8 Å². The maximum Gasteiger partial charge on any atom is 0.522 e. The first kappa shape index (κ1) is 26.9. The second kappa shape index (κ2) is 9.11. The van der Waals surface area contributed by atoms with Crippen LogP contribution in [-0.2, 0) is 25.0 Å². The lowest BCUT2D eigenvalue weighted by atomic mass is 10.1. The number of aliphatic carboxylic acids is 1. The number of fused-ring (bicyclic) bond motifs is 1. The first-order valence-electron chi connectivity index (χ1n) is 6.14. The highest BCUT2D eigenvalue weighted by molar-refractivity contribution is 8.00. The Labute approximate surface area is 162 Å². The highest BCUT2D eigenvalue weighted by atomic mass is 32.2. The average molecular weight is 501 g/mol. The molecule has 0 aliphatic carbocycles. The molecule has 3 N–H and O–H groups in total. The number of rotatable bonds is 1. The zero-order valence-corrected chi connectivity index (χ0v) is 16.1. The number of carboxylic acid groups (broad SMARTS) is 1. The second-order valence-electron chi connectivity index (χ2n) is 4.49. The van der Waals surface area contributed by atoms with Crippen LogP contribution in [0, 0.1) is 0 Å². The van der Waals surface area contributed by atoms with Gasteiger partial charge in [-0.2, -0.15) is 43.2 Å². The first-order valence-corrected chi connectivity index (χ1v) is 10.5. The van der Waals surface area contributed by atoms with Crippen molar-refractivity contribution in [2.24, 2.45) is 0 Å². The molecule has 1 fully saturated rings. The van der Waals surface area contributed by atoms with E-state index in [1.54, 1.807) is 22.7 Å². The summed E-state index contributed by atoms with van der Waals surface area (Å²) in [5, 5.41) is 9.08. The van der Waals surface area contributed by atoms with Gasteiger partial charge in [-0.1, -0.05) is 12.2 Å². The summed E-state index contributed by atoms with van der Waals surface area (Å²) in [6.07, 6.45) is 2.57. The molecular weight excluding hydrogens is 492 g/mol. The van der Waals surface area contributed by atoms with Gasteiger partial charge in [0.05, 0.1) is 10.4 Å². The highest BCUT2D eigenvalue weighted by Crippen LogP contribution is 2.37. The smallest absolute Gasteiger partial charge is 0.477 e. The number of nitrogens with zero attached hydrogens (tertiary/aromatic N) is 1. The van der Waals surface area contributed by atoms with Gasteiger partial charge in [-0.05, 0) is 6.08 Å². The van der Waals surface area contributed by atoms with Crippen molar-refractivity contribution in [1.29, 1.82) is 0 Å². The Kier molecular flexibility index (Phi) is 8.74. The molecule has 28 heavy (non-hydrogen) atoms. The van der Waals surface area contributed by atoms with Crippen molar-refractivity contribution in [3.63, 3.8) is 0 Å². The predicted octanol–water partition coefficient (Wildman–Crippen LogP) is 1.85. The molecule has 0 amide bonds. The molecule has 2 rings (SSSR count). The predicted molar refractivity (Wildman–Crippen MR) is 86.2 cm³/mol. The molecule has 0 aromatic carbocycles. The maximum absolute atomic E-state index is 10.7. The van der Waals surface area contributed by atoms with Crippen LogP contribution in [-0.4, -0.2) is 69.0 Å². The third kappa shape index (κ3) is 7.70. The van der Waals surface area contributed by atoms with Crippen molar-refractivity contribution in [2.45, 2.75) is 22.8 Å². The van der Waals surface area contributed by atoms with Gasteiger partial charge in [0.1, 0.15) is 5.70 Å². The molecule has 0 bridgehead atoms. The molecule has 0 aromatic heterocycles. The minimum Gasteiger partial charge on any atom is -0.477 e. The van der Waals surface area contributed by atoms with Crippen molar-refractivity contribution in [2.75, 3.05) is 5.75 Å². The van der Waals surface area contributed by atoms with Crippen LogP contribution in [0.2, 0.25) is 0 Å². The molecule has 1 atom stereocenters. The van der Waals surface area contributed by atoms with Crippen LogP contribution in [0.3, 0.4) is 0 Å². The number of carboxylic acids is 1. The van der Waals surface area contributed by atoms with E-state index in [4.69, 9.17) is 43.3 Å². The molecule has 9 nitrogen and oxygen atoms in total. The van der Waals surface area contributed by atoms with E-state index in [-0.39, 0.29) is 5.37 Å². The molecule has 0 unspecified atom stereocenters. The molecule has 2 heterocycles. The van der Waals surface area contributed by atoms with Crippen LogP contribution in [0.25, 0.3) is 0 Å². The fourth-order valence-corrected chi connectivity index (χ4v) is 3.03. The SMILES string of the molecule is O=C(O)C1=CCS[C@H]2CC(=S)N12.O=S(=O)(O)C(F)(F)F.O=S(=O)(O)C(F)(F)F. The fourth-order valence-electron chi connectivity index (χ4n) is 1.34. The van der Waals surface area contributed by atoms with Crippen molar-refractivity contribution in [1.82, 2.24) is 4.90 Å². The Morgan fingerprint density at radius 2 is 1.43 bits per heavy atom. The molecule has 0 aromatic rings. The molecule has 0 spiro atoms. The van der Waals surface area contributed by atoms with Crippen molar-refractivity contribution in [3.8, 4) is 0 Å². The van der Waals surface area contributed by atoms with Crippen LogP contribution >= 0.6 is 24.0 Å². The summed E-state index contributed by atoms with van der Waals surface area (Å²) in [6, 6.07) is 0. The topological polar surface area (TPSA) is 149 Å². The van der Waals surface area contributed by atoms with Crippen molar-refractivity contribution in [3.05, 3.63) is 11.8 Å². The third-order valence-corrected chi connectivity index (χ3v) is 5.19. The lowest BCUT2D eigenvalue weighted by molar-refractivity contribution is -0.134. The molecule has 2 aliphatic heterocycles. The minimum absolute atomic E-state index is 0.286. The van der Waals surface area contributed by atoms with Gasteiger partial charge in [-0.3, -0.25) is 9.11 Å². The molecule has 164 valence electrons. The molecule has 2 aliphatic rings. The van der Waals surface area contributed by atoms with E-state index in [0.717, 1.165) is 17.2 Å². The van der Waals surface area contributed by atoms with Crippen LogP contribution in [0.5, 0.6) is 0 Å². The van der Waals surface area contributed by atoms with E-state index in [1.165, 1.54) is 0 Å². The largest absolute Gasteiger partial charge is 0.522 e. The van der Waals surface area contributed by atoms with Gasteiger partial charge >= 0.3 is 37.2 Å². The van der Waals surface area contributed by atoms with Crippen LogP contribution in [0.4, 0.5) is 26.3 Å². The van der Waals surface area contributed by atoms with Gasteiger partial charge in [0.15, 0.2) is 0 Å². The molecule has 0 radical (unpaired) electrons. The first-order chi connectivity index (χ1) is 12.2. The van der Waals surface area contributed by atoms with E-state index in [9.17, 15) is 31.1 Å². The molecule has 1 saturated heterocycles. The van der Waals surface area contributed by atoms with Crippen molar-refractivity contribution >= 4 is 55.2 Å². The van der Waals surface area contributed by atoms with Gasteiger partial charge in [-0.25, -0.2) is 4.79 Å². The van der Waals surface area contributed by atoms with E-state index < -0.39 is 37.2 Å². The number of hydrogen-bond acceptors (Lipinski definition) is 7. The van der Waals surface area contributed by atoms with Gasteiger partial charge < -0.3 is 10.0 Å². The summed E-state index contributed by atoms with van der Waals surface area (Å²) in [5.41, 5.74) is -10.7. The maximum atomic E-state index is 10.7. The summed E-state index contributed by atoms with van der Waals surface area (Å²) < 4.78 is 115. The monoisotopic (exact) mass is 501 g/mol. The normalized spacial score (nSPS) is 19.7. The standard InChI is InChI=1S/C7H7NO2S2.2CHF3O3S/c9-7(10)4-1-2-12-6-3-5(11)8(4)6;2*2-1(3,4)8(5,6)7/h1,6H,2-3H2,(H,9,10);2*(H,5,6,7)/t6-;;/m0../s1. The van der Waals surface area contributed by atoms with Crippen LogP contribution in [0.1, 0.15) is 6.42 Å². The lowest BCUT2D eigenvalue weighted by Gasteiger charge is -2.44. The zero-order chi connectivity index (χ0) is 22.7. The summed E-state index contributed by atoms with van der Waals surface area (Å²) in [6.45, 7) is 0. The number of carbonyl (C=O) groups is 1. The summed E-state index contributed by atoms with van der Waals surface area (Å²) in [7, 11) is -11.7. The summed E-state index contributed by atoms with van der Waals surface area (Å²) >= 11 is 6.72. The van der Waals surface area contributed by atoms with Crippen molar-refractivity contribution < 1.29 is 62.2 Å². The lowest BCUT2D eigenvalue weighted by Crippen LogP contribution is -2.52. The third-order valence-electron chi connectivity index (χ3n) is 2.53. The second-order valence-corrected chi connectivity index (χ2v) is 9.00. The Bertz CT molecular complexity index is 805. The summed E-state index contributed by atoms with van der Waals surface area (Å²) in [4.78, 5) is 13.2. The Hall–Kier alpha value is -1.15. The van der Waals surface area contributed by atoms with Crippen LogP contribution < -0.4 is 0 Å². The Morgan fingerprint density at radius 1 is 1.07 bits per heavy atom. The zero-order valence-electron chi connectivity index (χ0n) is 12.8. The fraction of sp³-hybridized carbons (Fsp3) is 0.556. The molecular formula is C9H9F6NO8S4. The highest BCUT2D eigenvalue weighted by Gasteiger charge is 2.45. The van der Waals surface area contributed by atoms with E-state index in [1.807, 2.05) is 0 Å². The molecule has 19 heteroatoms. The number of hydrogen-bond donors (Lipinski definition) is 3. The van der Waals surface area contributed by atoms with Gasteiger partial charge in [0.2, 0.25) is 0 Å². The van der Waals surface area contributed by atoms with Crippen LogP contribution in [0.15, 0.2) is 11.8 Å². The quantitative estimate of drug-likeness (QED) is 0.209. The van der Waals surface area contributed by atoms with Gasteiger partial charge in [0.25, 0.3) is 0 Å². The average Bonchev–Trinajstić information content (AvgIpc) is 2.42.